The van der Waals surface area contributed by atoms with E-state index in [1.54, 1.807) is 6.33 Å². The number of nitrogens with zero attached hydrogens (tertiary/aromatic N) is 7. The third-order valence-corrected chi connectivity index (χ3v) is 8.02. The van der Waals surface area contributed by atoms with Gasteiger partial charge in [-0.05, 0) is 66.0 Å². The number of fused-ring (bicyclic) bond motifs is 1. The second-order valence-electron chi connectivity index (χ2n) is 11.7. The molecule has 0 spiro atoms. The highest BCUT2D eigenvalue weighted by molar-refractivity contribution is 5.87. The molecular formula is C28H49N9O2. The Hall–Kier alpha value is -2.76. The molecule has 2 saturated heterocycles. The molecule has 0 bridgehead atoms. The van der Waals surface area contributed by atoms with E-state index in [0.717, 1.165) is 55.9 Å². The second-order valence-corrected chi connectivity index (χ2v) is 11.7. The van der Waals surface area contributed by atoms with Gasteiger partial charge in [0.15, 0.2) is 0 Å². The van der Waals surface area contributed by atoms with Crippen molar-refractivity contribution in [1.82, 2.24) is 39.9 Å². The average Bonchev–Trinajstić information content (AvgIpc) is 3.37. The molecule has 2 aromatic heterocycles. The molecule has 4 rings (SSSR count). The van der Waals surface area contributed by atoms with Gasteiger partial charge in [0, 0.05) is 45.5 Å². The number of carbonyl (C=O) groups excluding carboxylic acids is 2. The SMILES string of the molecule is CC1CCN(C(=O)CN(C)C)CC1N(C)c1ncnc2[nH]ccc12.CNC1CN(C(=O)CN(C)C)CCC1C. The van der Waals surface area contributed by atoms with Crippen LogP contribution in [0.15, 0.2) is 18.6 Å². The van der Waals surface area contributed by atoms with Crippen molar-refractivity contribution in [3.05, 3.63) is 18.6 Å². The Bertz CT molecular complexity index is 1070. The Morgan fingerprint density at radius 1 is 0.949 bits per heavy atom. The first-order valence-electron chi connectivity index (χ1n) is 14.0. The molecule has 4 unspecified atom stereocenters. The topological polar surface area (TPSA) is 104 Å². The van der Waals surface area contributed by atoms with E-state index in [2.05, 4.69) is 46.1 Å². The molecule has 0 aromatic carbocycles. The monoisotopic (exact) mass is 543 g/mol. The average molecular weight is 544 g/mol. The van der Waals surface area contributed by atoms with Gasteiger partial charge in [0.2, 0.25) is 11.8 Å². The molecule has 4 atom stereocenters. The Morgan fingerprint density at radius 2 is 1.54 bits per heavy atom. The van der Waals surface area contributed by atoms with Crippen molar-refractivity contribution in [3.8, 4) is 0 Å². The van der Waals surface area contributed by atoms with E-state index in [0.29, 0.717) is 31.0 Å². The zero-order valence-corrected chi connectivity index (χ0v) is 25.1. The molecule has 2 aliphatic rings. The van der Waals surface area contributed by atoms with Gasteiger partial charge in [0.05, 0.1) is 24.5 Å². The summed E-state index contributed by atoms with van der Waals surface area (Å²) < 4.78 is 0. The minimum atomic E-state index is 0.194. The summed E-state index contributed by atoms with van der Waals surface area (Å²) in [4.78, 5) is 46.2. The molecule has 2 fully saturated rings. The van der Waals surface area contributed by atoms with E-state index in [1.165, 1.54) is 0 Å². The molecule has 218 valence electrons. The molecule has 2 aliphatic heterocycles. The number of piperidine rings is 2. The third-order valence-electron chi connectivity index (χ3n) is 8.02. The predicted molar refractivity (Wildman–Crippen MR) is 157 cm³/mol. The van der Waals surface area contributed by atoms with Crippen molar-refractivity contribution in [3.63, 3.8) is 0 Å². The lowest BCUT2D eigenvalue weighted by atomic mass is 9.92. The smallest absolute Gasteiger partial charge is 0.236 e. The zero-order chi connectivity index (χ0) is 28.7. The molecule has 0 saturated carbocycles. The number of amides is 2. The number of hydrogen-bond acceptors (Lipinski definition) is 8. The minimum Gasteiger partial charge on any atom is -0.354 e. The summed E-state index contributed by atoms with van der Waals surface area (Å²) in [7, 11) is 11.8. The molecule has 11 heteroatoms. The number of aromatic nitrogens is 3. The van der Waals surface area contributed by atoms with Crippen molar-refractivity contribution in [1.29, 1.82) is 0 Å². The lowest BCUT2D eigenvalue weighted by molar-refractivity contribution is -0.134. The molecule has 4 heterocycles. The number of aromatic amines is 1. The lowest BCUT2D eigenvalue weighted by Gasteiger charge is -2.42. The number of carbonyl (C=O) groups is 2. The van der Waals surface area contributed by atoms with Gasteiger partial charge in [0.25, 0.3) is 0 Å². The maximum atomic E-state index is 12.4. The summed E-state index contributed by atoms with van der Waals surface area (Å²) in [6.07, 6.45) is 5.58. The van der Waals surface area contributed by atoms with Gasteiger partial charge in [-0.1, -0.05) is 13.8 Å². The summed E-state index contributed by atoms with van der Waals surface area (Å²) in [6.45, 7) is 8.81. The maximum Gasteiger partial charge on any atom is 0.236 e. The molecule has 11 nitrogen and oxygen atoms in total. The van der Waals surface area contributed by atoms with Crippen LogP contribution in [0.4, 0.5) is 5.82 Å². The van der Waals surface area contributed by atoms with E-state index in [1.807, 2.05) is 67.1 Å². The van der Waals surface area contributed by atoms with Crippen LogP contribution in [0, 0.1) is 11.8 Å². The van der Waals surface area contributed by atoms with E-state index in [-0.39, 0.29) is 17.9 Å². The maximum absolute atomic E-state index is 12.4. The Balaban J connectivity index is 0.000000242. The van der Waals surface area contributed by atoms with Gasteiger partial charge in [-0.2, -0.15) is 0 Å². The summed E-state index contributed by atoms with van der Waals surface area (Å²) in [5.41, 5.74) is 0.843. The number of likely N-dealkylation sites (N-methyl/N-ethyl adjacent to an activating group) is 4. The van der Waals surface area contributed by atoms with Crippen molar-refractivity contribution >= 4 is 28.7 Å². The standard InChI is InChI=1S/C17H26N6O.C11H23N3O/c1-12-6-8-23(15(24)10-21(2)3)9-14(12)22(4)17-13-5-7-18-16(13)19-11-20-17;1-9-5-6-14(7-10(9)12-2)11(15)8-13(3)4/h5,7,11-12,14H,6,8-10H2,1-4H3,(H,18,19,20);9-10,12H,5-8H2,1-4H3. The first-order chi connectivity index (χ1) is 18.5. The second kappa shape index (κ2) is 14.0. The molecular weight excluding hydrogens is 494 g/mol. The van der Waals surface area contributed by atoms with E-state index < -0.39 is 0 Å². The fourth-order valence-electron chi connectivity index (χ4n) is 5.49. The summed E-state index contributed by atoms with van der Waals surface area (Å²) in [5, 5.41) is 4.30. The molecule has 2 amide bonds. The number of hydrogen-bond donors (Lipinski definition) is 2. The molecule has 2 aromatic rings. The predicted octanol–water partition coefficient (Wildman–Crippen LogP) is 1.20. The van der Waals surface area contributed by atoms with Gasteiger partial charge in [-0.15, -0.1) is 0 Å². The van der Waals surface area contributed by atoms with Crippen LogP contribution in [0.5, 0.6) is 0 Å². The number of rotatable bonds is 7. The van der Waals surface area contributed by atoms with Crippen LogP contribution in [0.1, 0.15) is 26.7 Å². The highest BCUT2D eigenvalue weighted by atomic mass is 16.2. The Kier molecular flexibility index (Phi) is 11.1. The van der Waals surface area contributed by atoms with Crippen LogP contribution in [0.25, 0.3) is 11.0 Å². The van der Waals surface area contributed by atoms with Crippen LogP contribution in [-0.2, 0) is 9.59 Å². The molecule has 39 heavy (non-hydrogen) atoms. The quantitative estimate of drug-likeness (QED) is 0.537. The van der Waals surface area contributed by atoms with E-state index >= 15 is 0 Å². The highest BCUT2D eigenvalue weighted by Gasteiger charge is 2.33. The largest absolute Gasteiger partial charge is 0.354 e. The normalized spacial score (nSPS) is 23.6. The van der Waals surface area contributed by atoms with E-state index in [4.69, 9.17) is 0 Å². The third kappa shape index (κ3) is 8.12. The van der Waals surface area contributed by atoms with Gasteiger partial charge in [-0.3, -0.25) is 9.59 Å². The Labute approximate surface area is 233 Å². The molecule has 0 radical (unpaired) electrons. The van der Waals surface area contributed by atoms with Crippen LogP contribution in [0.2, 0.25) is 0 Å². The summed E-state index contributed by atoms with van der Waals surface area (Å²) in [6, 6.07) is 2.70. The van der Waals surface area contributed by atoms with E-state index in [9.17, 15) is 9.59 Å². The van der Waals surface area contributed by atoms with Gasteiger partial charge < -0.3 is 34.8 Å². The fourth-order valence-corrected chi connectivity index (χ4v) is 5.49. The van der Waals surface area contributed by atoms with Crippen molar-refractivity contribution < 1.29 is 9.59 Å². The number of anilines is 1. The van der Waals surface area contributed by atoms with Crippen LogP contribution in [0.3, 0.4) is 0 Å². The van der Waals surface area contributed by atoms with Crippen LogP contribution in [-0.4, -0.2) is 140 Å². The van der Waals surface area contributed by atoms with Gasteiger partial charge >= 0.3 is 0 Å². The first kappa shape index (κ1) is 30.8. The first-order valence-corrected chi connectivity index (χ1v) is 14.0. The molecule has 2 N–H and O–H groups in total. The minimum absolute atomic E-state index is 0.194. The number of likely N-dealkylation sites (tertiary alicyclic amines) is 2. The molecule has 0 aliphatic carbocycles. The number of H-pyrrole nitrogens is 1. The van der Waals surface area contributed by atoms with Crippen molar-refractivity contribution in [2.45, 2.75) is 38.8 Å². The Morgan fingerprint density at radius 3 is 2.13 bits per heavy atom. The number of nitrogens with one attached hydrogen (secondary N) is 2. The zero-order valence-electron chi connectivity index (χ0n) is 25.1. The van der Waals surface area contributed by atoms with Gasteiger partial charge in [-0.25, -0.2) is 9.97 Å². The lowest BCUT2D eigenvalue weighted by Crippen LogP contribution is -2.54. The summed E-state index contributed by atoms with van der Waals surface area (Å²) in [5.74, 6) is 2.52. The van der Waals surface area contributed by atoms with Gasteiger partial charge in [0.1, 0.15) is 17.8 Å². The fraction of sp³-hybridized carbons (Fsp3) is 0.714. The summed E-state index contributed by atoms with van der Waals surface area (Å²) >= 11 is 0. The van der Waals surface area contributed by atoms with Crippen LogP contribution >= 0.6 is 0 Å². The highest BCUT2D eigenvalue weighted by Crippen LogP contribution is 2.28. The van der Waals surface area contributed by atoms with Crippen molar-refractivity contribution in [2.24, 2.45) is 11.8 Å². The van der Waals surface area contributed by atoms with Crippen molar-refractivity contribution in [2.75, 3.05) is 86.5 Å². The van der Waals surface area contributed by atoms with Crippen LogP contribution < -0.4 is 10.2 Å².